The molecular weight excluding hydrogens is 238 g/mol. The number of rotatable bonds is 4. The van der Waals surface area contributed by atoms with Gasteiger partial charge in [-0.15, -0.1) is 0 Å². The lowest BCUT2D eigenvalue weighted by Gasteiger charge is -2.29. The van der Waals surface area contributed by atoms with Crippen LogP contribution in [0.4, 0.5) is 0 Å². The highest BCUT2D eigenvalue weighted by Gasteiger charge is 2.22. The summed E-state index contributed by atoms with van der Waals surface area (Å²) in [5.74, 6) is 1.42. The van der Waals surface area contributed by atoms with E-state index >= 15 is 0 Å². The summed E-state index contributed by atoms with van der Waals surface area (Å²) < 4.78 is 11.4. The average Bonchev–Trinajstić information content (AvgIpc) is 2.46. The van der Waals surface area contributed by atoms with Crippen LogP contribution in [0.15, 0.2) is 18.2 Å². The largest absolute Gasteiger partial charge is 0.496 e. The molecule has 102 valence electrons. The second-order valence-electron chi connectivity index (χ2n) is 5.25. The summed E-state index contributed by atoms with van der Waals surface area (Å²) in [6.07, 6.45) is 5.30. The van der Waals surface area contributed by atoms with Crippen LogP contribution in [0.2, 0.25) is 0 Å². The smallest absolute Gasteiger partial charge is 0.124 e. The zero-order chi connectivity index (χ0) is 13.7. The Kier molecular flexibility index (Phi) is 4.81. The lowest BCUT2D eigenvalue weighted by Crippen LogP contribution is -2.25. The van der Waals surface area contributed by atoms with E-state index in [-0.39, 0.29) is 0 Å². The van der Waals surface area contributed by atoms with Crippen molar-refractivity contribution in [3.63, 3.8) is 0 Å². The van der Waals surface area contributed by atoms with Crippen LogP contribution >= 0.6 is 0 Å². The topological polar surface area (TPSA) is 42.2 Å². The van der Waals surface area contributed by atoms with E-state index in [0.717, 1.165) is 17.7 Å². The minimum absolute atomic E-state index is 0.337. The lowest BCUT2D eigenvalue weighted by atomic mass is 9.88. The molecule has 3 heteroatoms. The van der Waals surface area contributed by atoms with Crippen molar-refractivity contribution in [2.45, 2.75) is 45.3 Å². The van der Waals surface area contributed by atoms with Gasteiger partial charge in [-0.05, 0) is 37.0 Å². The SMILES string of the molecule is COc1ccc(C#N)cc1COC1CCCCC1C. The van der Waals surface area contributed by atoms with Gasteiger partial charge >= 0.3 is 0 Å². The Hall–Kier alpha value is -1.53. The summed E-state index contributed by atoms with van der Waals surface area (Å²) in [6.45, 7) is 2.78. The maximum absolute atomic E-state index is 8.95. The Morgan fingerprint density at radius 1 is 1.32 bits per heavy atom. The molecule has 3 nitrogen and oxygen atoms in total. The molecule has 0 radical (unpaired) electrons. The van der Waals surface area contributed by atoms with Crippen LogP contribution in [0.3, 0.4) is 0 Å². The summed E-state index contributed by atoms with van der Waals surface area (Å²) in [6, 6.07) is 7.61. The van der Waals surface area contributed by atoms with Gasteiger partial charge in [0.25, 0.3) is 0 Å². The third-order valence-corrected chi connectivity index (χ3v) is 3.90. The monoisotopic (exact) mass is 259 g/mol. The van der Waals surface area contributed by atoms with Gasteiger partial charge in [-0.25, -0.2) is 0 Å². The van der Waals surface area contributed by atoms with Gasteiger partial charge in [0.15, 0.2) is 0 Å². The number of nitrogens with zero attached hydrogens (tertiary/aromatic N) is 1. The van der Waals surface area contributed by atoms with Gasteiger partial charge in [-0.1, -0.05) is 19.8 Å². The molecule has 2 rings (SSSR count). The molecule has 0 saturated heterocycles. The molecule has 0 aromatic heterocycles. The molecule has 2 atom stereocenters. The van der Waals surface area contributed by atoms with Crippen molar-refractivity contribution in [1.82, 2.24) is 0 Å². The van der Waals surface area contributed by atoms with Crippen LogP contribution in [-0.4, -0.2) is 13.2 Å². The number of ether oxygens (including phenoxy) is 2. The Bertz CT molecular complexity index is 464. The fourth-order valence-electron chi connectivity index (χ4n) is 2.69. The van der Waals surface area contributed by atoms with Crippen LogP contribution in [0.5, 0.6) is 5.75 Å². The van der Waals surface area contributed by atoms with Gasteiger partial charge in [0.05, 0.1) is 31.5 Å². The predicted octanol–water partition coefficient (Wildman–Crippen LogP) is 3.66. The number of methoxy groups -OCH3 is 1. The molecule has 2 unspecified atom stereocenters. The molecule has 1 aromatic carbocycles. The summed E-state index contributed by atoms with van der Waals surface area (Å²) in [5.41, 5.74) is 1.61. The summed E-state index contributed by atoms with van der Waals surface area (Å²) in [4.78, 5) is 0. The zero-order valence-electron chi connectivity index (χ0n) is 11.7. The molecule has 0 heterocycles. The highest BCUT2D eigenvalue weighted by molar-refractivity contribution is 5.41. The van der Waals surface area contributed by atoms with Crippen molar-refractivity contribution >= 4 is 0 Å². The number of nitriles is 1. The Morgan fingerprint density at radius 2 is 2.11 bits per heavy atom. The van der Waals surface area contributed by atoms with Crippen molar-refractivity contribution in [1.29, 1.82) is 5.26 Å². The van der Waals surface area contributed by atoms with Gasteiger partial charge in [-0.2, -0.15) is 5.26 Å². The fourth-order valence-corrected chi connectivity index (χ4v) is 2.69. The van der Waals surface area contributed by atoms with Crippen LogP contribution in [0.25, 0.3) is 0 Å². The normalized spacial score (nSPS) is 22.8. The fraction of sp³-hybridized carbons (Fsp3) is 0.562. The molecule has 1 saturated carbocycles. The lowest BCUT2D eigenvalue weighted by molar-refractivity contribution is -0.0160. The van der Waals surface area contributed by atoms with E-state index in [2.05, 4.69) is 13.0 Å². The van der Waals surface area contributed by atoms with E-state index in [1.54, 1.807) is 13.2 Å². The molecule has 0 N–H and O–H groups in total. The highest BCUT2D eigenvalue weighted by Crippen LogP contribution is 2.28. The molecule has 1 aliphatic carbocycles. The van der Waals surface area contributed by atoms with Gasteiger partial charge in [0, 0.05) is 5.56 Å². The summed E-state index contributed by atoms with van der Waals surface area (Å²) in [5, 5.41) is 8.95. The first-order valence-corrected chi connectivity index (χ1v) is 6.93. The first kappa shape index (κ1) is 13.9. The van der Waals surface area contributed by atoms with E-state index < -0.39 is 0 Å². The van der Waals surface area contributed by atoms with E-state index in [1.807, 2.05) is 12.1 Å². The van der Waals surface area contributed by atoms with Gasteiger partial charge in [0.2, 0.25) is 0 Å². The van der Waals surface area contributed by atoms with Crippen molar-refractivity contribution in [3.8, 4) is 11.8 Å². The second-order valence-corrected chi connectivity index (χ2v) is 5.25. The van der Waals surface area contributed by atoms with Crippen molar-refractivity contribution < 1.29 is 9.47 Å². The Balaban J connectivity index is 2.03. The van der Waals surface area contributed by atoms with E-state index in [1.165, 1.54) is 19.3 Å². The van der Waals surface area contributed by atoms with Gasteiger partial charge in [0.1, 0.15) is 5.75 Å². The van der Waals surface area contributed by atoms with Crippen molar-refractivity contribution in [3.05, 3.63) is 29.3 Å². The third-order valence-electron chi connectivity index (χ3n) is 3.90. The van der Waals surface area contributed by atoms with Gasteiger partial charge in [-0.3, -0.25) is 0 Å². The molecule has 0 spiro atoms. The maximum Gasteiger partial charge on any atom is 0.124 e. The molecule has 0 bridgehead atoms. The minimum atomic E-state index is 0.337. The maximum atomic E-state index is 8.95. The first-order chi connectivity index (χ1) is 9.24. The molecule has 1 aromatic rings. The quantitative estimate of drug-likeness (QED) is 0.828. The summed E-state index contributed by atoms with van der Waals surface area (Å²) >= 11 is 0. The van der Waals surface area contributed by atoms with Gasteiger partial charge < -0.3 is 9.47 Å². The first-order valence-electron chi connectivity index (χ1n) is 6.93. The van der Waals surface area contributed by atoms with E-state index in [4.69, 9.17) is 14.7 Å². The second kappa shape index (κ2) is 6.58. The molecular formula is C16H21NO2. The molecule has 0 aliphatic heterocycles. The Morgan fingerprint density at radius 3 is 2.79 bits per heavy atom. The summed E-state index contributed by atoms with van der Waals surface area (Å²) in [7, 11) is 1.65. The molecule has 1 aliphatic rings. The Labute approximate surface area is 115 Å². The molecule has 19 heavy (non-hydrogen) atoms. The number of hydrogen-bond donors (Lipinski definition) is 0. The van der Waals surface area contributed by atoms with Crippen LogP contribution in [0.1, 0.15) is 43.7 Å². The molecule has 0 amide bonds. The highest BCUT2D eigenvalue weighted by atomic mass is 16.5. The molecule has 1 fully saturated rings. The van der Waals surface area contributed by atoms with E-state index in [0.29, 0.717) is 24.2 Å². The number of hydrogen-bond acceptors (Lipinski definition) is 3. The van der Waals surface area contributed by atoms with Crippen LogP contribution < -0.4 is 4.74 Å². The number of benzene rings is 1. The van der Waals surface area contributed by atoms with Crippen LogP contribution in [0, 0.1) is 17.2 Å². The standard InChI is InChI=1S/C16H21NO2/c1-12-5-3-4-6-15(12)19-11-14-9-13(10-17)7-8-16(14)18-2/h7-9,12,15H,3-6,11H2,1-2H3. The predicted molar refractivity (Wildman–Crippen MR) is 73.9 cm³/mol. The minimum Gasteiger partial charge on any atom is -0.496 e. The average molecular weight is 259 g/mol. The van der Waals surface area contributed by atoms with Crippen molar-refractivity contribution in [2.24, 2.45) is 5.92 Å². The van der Waals surface area contributed by atoms with Crippen LogP contribution in [-0.2, 0) is 11.3 Å². The zero-order valence-corrected chi connectivity index (χ0v) is 11.7. The third kappa shape index (κ3) is 3.48. The van der Waals surface area contributed by atoms with E-state index in [9.17, 15) is 0 Å². The van der Waals surface area contributed by atoms with Crippen molar-refractivity contribution in [2.75, 3.05) is 7.11 Å².